The second-order valence-corrected chi connectivity index (χ2v) is 2.96. The van der Waals surface area contributed by atoms with Gasteiger partial charge in [-0.1, -0.05) is 0 Å². The van der Waals surface area contributed by atoms with Gasteiger partial charge in [0.25, 0.3) is 0 Å². The van der Waals surface area contributed by atoms with Crippen molar-refractivity contribution in [2.75, 3.05) is 19.5 Å². The van der Waals surface area contributed by atoms with Crippen LogP contribution in [0.4, 0.5) is 14.5 Å². The van der Waals surface area contributed by atoms with E-state index in [0.717, 1.165) is 12.1 Å². The van der Waals surface area contributed by atoms with Crippen molar-refractivity contribution in [3.05, 3.63) is 29.3 Å². The molecule has 0 radical (unpaired) electrons. The lowest BCUT2D eigenvalue weighted by Crippen LogP contribution is -2.17. The van der Waals surface area contributed by atoms with E-state index in [2.05, 4.69) is 0 Å². The Bertz CT molecular complexity index is 308. The lowest BCUT2D eigenvalue weighted by Gasteiger charge is -2.11. The fourth-order valence-electron chi connectivity index (χ4n) is 1.09. The zero-order chi connectivity index (χ0) is 10.7. The molecule has 0 aliphatic carbocycles. The fourth-order valence-corrected chi connectivity index (χ4v) is 1.09. The lowest BCUT2D eigenvalue weighted by atomic mass is 10.1. The normalized spacial score (nSPS) is 12.9. The summed E-state index contributed by atoms with van der Waals surface area (Å²) in [5.41, 5.74) is 10.5. The van der Waals surface area contributed by atoms with E-state index < -0.39 is 23.4 Å². The van der Waals surface area contributed by atoms with Crippen LogP contribution in [0.1, 0.15) is 11.6 Å². The third-order valence-corrected chi connectivity index (χ3v) is 1.88. The fraction of sp³-hybridized carbons (Fsp3) is 0.333. The van der Waals surface area contributed by atoms with Crippen molar-refractivity contribution in [1.82, 2.24) is 0 Å². The Morgan fingerprint density at radius 3 is 2.29 bits per heavy atom. The van der Waals surface area contributed by atoms with Crippen molar-refractivity contribution in [2.24, 2.45) is 5.73 Å². The highest BCUT2D eigenvalue weighted by molar-refractivity contribution is 5.43. The molecule has 1 atom stereocenters. The molecule has 0 aromatic heterocycles. The van der Waals surface area contributed by atoms with Crippen LogP contribution in [0.3, 0.4) is 0 Å². The van der Waals surface area contributed by atoms with Crippen molar-refractivity contribution >= 4 is 5.69 Å². The molecule has 0 unspecified atom stereocenters. The van der Waals surface area contributed by atoms with E-state index in [1.54, 1.807) is 0 Å². The summed E-state index contributed by atoms with van der Waals surface area (Å²) in [5, 5.41) is 0. The Hall–Kier alpha value is -1.20. The third kappa shape index (κ3) is 2.18. The molecule has 0 saturated carbocycles. The van der Waals surface area contributed by atoms with Crippen LogP contribution in [0, 0.1) is 11.6 Å². The molecule has 0 spiro atoms. The molecule has 0 fully saturated rings. The standard InChI is InChI=1S/C9H12F2N2O/c1-14-4-8(12)5-2-6(10)9(13)7(11)3-5/h2-3,8H,4,12-13H2,1H3/t8-/m1/s1. The maximum absolute atomic E-state index is 13.0. The maximum atomic E-state index is 13.0. The minimum atomic E-state index is -0.799. The van der Waals surface area contributed by atoms with Crippen LogP contribution in [-0.4, -0.2) is 13.7 Å². The Labute approximate surface area is 80.7 Å². The van der Waals surface area contributed by atoms with Crippen molar-refractivity contribution in [3.63, 3.8) is 0 Å². The summed E-state index contributed by atoms with van der Waals surface area (Å²) in [6, 6.07) is 1.68. The monoisotopic (exact) mass is 202 g/mol. The van der Waals surface area contributed by atoms with Gasteiger partial charge in [-0.05, 0) is 17.7 Å². The minimum Gasteiger partial charge on any atom is -0.394 e. The smallest absolute Gasteiger partial charge is 0.149 e. The highest BCUT2D eigenvalue weighted by Crippen LogP contribution is 2.20. The molecular formula is C9H12F2N2O. The Balaban J connectivity index is 3.00. The van der Waals surface area contributed by atoms with E-state index in [0.29, 0.717) is 5.56 Å². The van der Waals surface area contributed by atoms with Crippen molar-refractivity contribution in [2.45, 2.75) is 6.04 Å². The van der Waals surface area contributed by atoms with Gasteiger partial charge < -0.3 is 16.2 Å². The lowest BCUT2D eigenvalue weighted by molar-refractivity contribution is 0.180. The molecule has 78 valence electrons. The molecule has 0 aliphatic rings. The summed E-state index contributed by atoms with van der Waals surface area (Å²) in [6.45, 7) is 0.197. The van der Waals surface area contributed by atoms with Crippen molar-refractivity contribution < 1.29 is 13.5 Å². The van der Waals surface area contributed by atoms with Gasteiger partial charge in [0.05, 0.1) is 12.6 Å². The average Bonchev–Trinajstić information content (AvgIpc) is 2.13. The Morgan fingerprint density at radius 2 is 1.86 bits per heavy atom. The molecule has 1 aromatic carbocycles. The Kier molecular flexibility index (Phi) is 3.38. The zero-order valence-electron chi connectivity index (χ0n) is 7.76. The summed E-state index contributed by atoms with van der Waals surface area (Å²) < 4.78 is 30.7. The first-order valence-electron chi connectivity index (χ1n) is 4.05. The first-order valence-corrected chi connectivity index (χ1v) is 4.05. The van der Waals surface area contributed by atoms with Gasteiger partial charge in [-0.3, -0.25) is 0 Å². The van der Waals surface area contributed by atoms with E-state index in [9.17, 15) is 8.78 Å². The number of hydrogen-bond donors (Lipinski definition) is 2. The van der Waals surface area contributed by atoms with E-state index in [4.69, 9.17) is 16.2 Å². The predicted molar refractivity (Wildman–Crippen MR) is 49.6 cm³/mol. The van der Waals surface area contributed by atoms with Crippen LogP contribution in [0.15, 0.2) is 12.1 Å². The van der Waals surface area contributed by atoms with Gasteiger partial charge in [0.15, 0.2) is 0 Å². The number of nitrogens with two attached hydrogens (primary N) is 2. The predicted octanol–water partition coefficient (Wildman–Crippen LogP) is 1.19. The SMILES string of the molecule is COC[C@@H](N)c1cc(F)c(N)c(F)c1. The maximum Gasteiger partial charge on any atom is 0.149 e. The molecule has 0 aliphatic heterocycles. The van der Waals surface area contributed by atoms with Crippen molar-refractivity contribution in [1.29, 1.82) is 0 Å². The highest BCUT2D eigenvalue weighted by Gasteiger charge is 2.12. The summed E-state index contributed by atoms with van der Waals surface area (Å²) in [5.74, 6) is -1.60. The van der Waals surface area contributed by atoms with E-state index in [-0.39, 0.29) is 6.61 Å². The van der Waals surface area contributed by atoms with Gasteiger partial charge >= 0.3 is 0 Å². The summed E-state index contributed by atoms with van der Waals surface area (Å²) in [6.07, 6.45) is 0. The molecule has 1 aromatic rings. The minimum absolute atomic E-state index is 0.197. The first kappa shape index (κ1) is 10.9. The van der Waals surface area contributed by atoms with Gasteiger partial charge in [-0.15, -0.1) is 0 Å². The second-order valence-electron chi connectivity index (χ2n) is 2.96. The molecule has 1 rings (SSSR count). The van der Waals surface area contributed by atoms with E-state index in [1.807, 2.05) is 0 Å². The van der Waals surface area contributed by atoms with E-state index >= 15 is 0 Å². The number of nitrogen functional groups attached to an aromatic ring is 1. The number of methoxy groups -OCH3 is 1. The molecule has 4 N–H and O–H groups in total. The Morgan fingerprint density at radius 1 is 1.36 bits per heavy atom. The quantitative estimate of drug-likeness (QED) is 0.724. The van der Waals surface area contributed by atoms with Crippen molar-refractivity contribution in [3.8, 4) is 0 Å². The molecule has 0 amide bonds. The van der Waals surface area contributed by atoms with Crippen LogP contribution < -0.4 is 11.5 Å². The van der Waals surface area contributed by atoms with Crippen LogP contribution in [0.5, 0.6) is 0 Å². The van der Waals surface area contributed by atoms with Crippen LogP contribution in [0.2, 0.25) is 0 Å². The number of halogens is 2. The molecule has 0 saturated heterocycles. The molecule has 0 heterocycles. The highest BCUT2D eigenvalue weighted by atomic mass is 19.1. The third-order valence-electron chi connectivity index (χ3n) is 1.88. The van der Waals surface area contributed by atoms with Gasteiger partial charge in [0, 0.05) is 7.11 Å². The molecule has 0 bridgehead atoms. The molecular weight excluding hydrogens is 190 g/mol. The summed E-state index contributed by atoms with van der Waals surface area (Å²) >= 11 is 0. The van der Waals surface area contributed by atoms with Crippen LogP contribution in [-0.2, 0) is 4.74 Å². The average molecular weight is 202 g/mol. The van der Waals surface area contributed by atoms with Gasteiger partial charge in [0.2, 0.25) is 0 Å². The van der Waals surface area contributed by atoms with Gasteiger partial charge in [-0.25, -0.2) is 8.78 Å². The topological polar surface area (TPSA) is 61.3 Å². The number of ether oxygens (including phenoxy) is 1. The van der Waals surface area contributed by atoms with Gasteiger partial charge in [0.1, 0.15) is 17.3 Å². The van der Waals surface area contributed by atoms with Crippen LogP contribution >= 0.6 is 0 Å². The zero-order valence-corrected chi connectivity index (χ0v) is 7.76. The van der Waals surface area contributed by atoms with Gasteiger partial charge in [-0.2, -0.15) is 0 Å². The van der Waals surface area contributed by atoms with Crippen LogP contribution in [0.25, 0.3) is 0 Å². The number of anilines is 1. The summed E-state index contributed by atoms with van der Waals surface area (Å²) in [7, 11) is 1.46. The summed E-state index contributed by atoms with van der Waals surface area (Å²) in [4.78, 5) is 0. The molecule has 3 nitrogen and oxygen atoms in total. The van der Waals surface area contributed by atoms with E-state index in [1.165, 1.54) is 7.11 Å². The second kappa shape index (κ2) is 4.34. The molecule has 14 heavy (non-hydrogen) atoms. The first-order chi connectivity index (χ1) is 6.56. The number of hydrogen-bond acceptors (Lipinski definition) is 3. The largest absolute Gasteiger partial charge is 0.394 e. The molecule has 5 heteroatoms. The number of rotatable bonds is 3. The number of benzene rings is 1.